The van der Waals surface area contributed by atoms with Gasteiger partial charge in [0.05, 0.1) is 12.3 Å². The van der Waals surface area contributed by atoms with Gasteiger partial charge in [0.2, 0.25) is 0 Å². The predicted octanol–water partition coefficient (Wildman–Crippen LogP) is 0.381. The van der Waals surface area contributed by atoms with Gasteiger partial charge < -0.3 is 24.6 Å². The van der Waals surface area contributed by atoms with E-state index in [2.05, 4.69) is 10.5 Å². The molecule has 2 N–H and O–H groups in total. The van der Waals surface area contributed by atoms with Gasteiger partial charge in [-0.1, -0.05) is 5.16 Å². The first-order chi connectivity index (χ1) is 10.5. The minimum absolute atomic E-state index is 0.220. The highest BCUT2D eigenvalue weighted by Gasteiger charge is 2.41. The molecular weight excluding hydrogens is 286 g/mol. The van der Waals surface area contributed by atoms with Crippen molar-refractivity contribution < 1.29 is 19.2 Å². The fourth-order valence-electron chi connectivity index (χ4n) is 2.79. The Morgan fingerprint density at radius 2 is 2.27 bits per heavy atom. The molecule has 0 radical (unpaired) electrons. The first-order valence-corrected chi connectivity index (χ1v) is 7.61. The number of hydrogen-bond donors (Lipinski definition) is 2. The first-order valence-electron chi connectivity index (χ1n) is 7.61. The topological polar surface area (TPSA) is 87.8 Å². The molecule has 0 unspecified atom stereocenters. The Bertz CT molecular complexity index is 497. The van der Waals surface area contributed by atoms with Crippen LogP contribution >= 0.6 is 0 Å². The Hall–Kier alpha value is -1.44. The van der Waals surface area contributed by atoms with Crippen LogP contribution in [0, 0.1) is 13.8 Å². The molecule has 22 heavy (non-hydrogen) atoms. The minimum Gasteiger partial charge on any atom is -0.383 e. The molecule has 1 aromatic heterocycles. The molecule has 1 aromatic rings. The van der Waals surface area contributed by atoms with E-state index >= 15 is 0 Å². The van der Waals surface area contributed by atoms with Crippen molar-refractivity contribution in [2.45, 2.75) is 38.8 Å². The van der Waals surface area contributed by atoms with Crippen LogP contribution in [-0.4, -0.2) is 60.0 Å². The van der Waals surface area contributed by atoms with Gasteiger partial charge in [0.25, 0.3) is 5.91 Å². The summed E-state index contributed by atoms with van der Waals surface area (Å²) in [5.41, 5.74) is 0.460. The summed E-state index contributed by atoms with van der Waals surface area (Å²) >= 11 is 0. The first kappa shape index (κ1) is 16.9. The summed E-state index contributed by atoms with van der Waals surface area (Å²) < 4.78 is 10.1. The third-order valence-corrected chi connectivity index (χ3v) is 4.17. The number of hydrogen-bond acceptors (Lipinski definition) is 6. The molecule has 1 aliphatic rings. The summed E-state index contributed by atoms with van der Waals surface area (Å²) in [5, 5.41) is 17.7. The van der Waals surface area contributed by atoms with E-state index in [1.165, 1.54) is 0 Å². The third kappa shape index (κ3) is 3.66. The van der Waals surface area contributed by atoms with E-state index in [-0.39, 0.29) is 12.5 Å². The van der Waals surface area contributed by atoms with E-state index in [1.54, 1.807) is 12.0 Å². The van der Waals surface area contributed by atoms with Crippen LogP contribution in [0.4, 0.5) is 0 Å². The molecule has 2 rings (SSSR count). The maximum atomic E-state index is 12.4. The number of carbonyl (C=O) groups excluding carboxylic acids is 1. The Kier molecular flexibility index (Phi) is 5.55. The number of rotatable bonds is 7. The van der Waals surface area contributed by atoms with Crippen molar-refractivity contribution in [3.05, 3.63) is 17.0 Å². The number of nitrogens with one attached hydrogen (secondary N) is 1. The normalized spacial score (nSPS) is 22.4. The van der Waals surface area contributed by atoms with Crippen LogP contribution < -0.4 is 5.32 Å². The van der Waals surface area contributed by atoms with Gasteiger partial charge in [0, 0.05) is 38.9 Å². The monoisotopic (exact) mass is 311 g/mol. The van der Waals surface area contributed by atoms with E-state index in [0.29, 0.717) is 32.7 Å². The minimum atomic E-state index is -1.34. The van der Waals surface area contributed by atoms with E-state index < -0.39 is 5.60 Å². The Morgan fingerprint density at radius 3 is 2.91 bits per heavy atom. The highest BCUT2D eigenvalue weighted by atomic mass is 16.5. The molecule has 0 bridgehead atoms. The van der Waals surface area contributed by atoms with Crippen molar-refractivity contribution in [3.8, 4) is 0 Å². The molecule has 124 valence electrons. The molecule has 1 amide bonds. The van der Waals surface area contributed by atoms with Crippen molar-refractivity contribution in [2.75, 3.05) is 33.4 Å². The lowest BCUT2D eigenvalue weighted by Gasteiger charge is -2.38. The highest BCUT2D eigenvalue weighted by molar-refractivity contribution is 5.86. The molecule has 0 aliphatic carbocycles. The van der Waals surface area contributed by atoms with Crippen LogP contribution in [-0.2, 0) is 16.1 Å². The summed E-state index contributed by atoms with van der Waals surface area (Å²) in [4.78, 5) is 14.1. The second-order valence-electron chi connectivity index (χ2n) is 5.83. The summed E-state index contributed by atoms with van der Waals surface area (Å²) in [6.45, 7) is 6.14. The number of aryl methyl sites for hydroxylation is 2. The molecule has 7 heteroatoms. The Morgan fingerprint density at radius 1 is 1.50 bits per heavy atom. The van der Waals surface area contributed by atoms with Gasteiger partial charge in [0.1, 0.15) is 5.76 Å². The second-order valence-corrected chi connectivity index (χ2v) is 5.83. The average Bonchev–Trinajstić information content (AvgIpc) is 2.81. The smallest absolute Gasteiger partial charge is 0.255 e. The van der Waals surface area contributed by atoms with Gasteiger partial charge >= 0.3 is 0 Å². The van der Waals surface area contributed by atoms with Gasteiger partial charge in [-0.2, -0.15) is 0 Å². The standard InChI is InChI=1S/C15H25N3O4/c1-11-13(12(2)22-17-11)9-16-10-15(20)5-4-6-18(14(15)19)7-8-21-3/h16,20H,4-10H2,1-3H3/t15-/m1/s1. The number of ether oxygens (including phenoxy) is 1. The fraction of sp³-hybridized carbons (Fsp3) is 0.733. The molecule has 1 fully saturated rings. The maximum absolute atomic E-state index is 12.4. The lowest BCUT2D eigenvalue weighted by molar-refractivity contribution is -0.157. The van der Waals surface area contributed by atoms with Crippen LogP contribution in [0.1, 0.15) is 29.9 Å². The summed E-state index contributed by atoms with van der Waals surface area (Å²) in [7, 11) is 1.60. The van der Waals surface area contributed by atoms with Crippen LogP contribution in [0.5, 0.6) is 0 Å². The van der Waals surface area contributed by atoms with Crippen molar-refractivity contribution >= 4 is 5.91 Å². The quantitative estimate of drug-likeness (QED) is 0.757. The van der Waals surface area contributed by atoms with Gasteiger partial charge in [-0.15, -0.1) is 0 Å². The zero-order valence-corrected chi connectivity index (χ0v) is 13.5. The molecule has 2 heterocycles. The molecule has 1 aliphatic heterocycles. The lowest BCUT2D eigenvalue weighted by Crippen LogP contribution is -2.58. The van der Waals surface area contributed by atoms with Crippen molar-refractivity contribution in [3.63, 3.8) is 0 Å². The van der Waals surface area contributed by atoms with E-state index in [4.69, 9.17) is 9.26 Å². The van der Waals surface area contributed by atoms with E-state index in [9.17, 15) is 9.90 Å². The van der Waals surface area contributed by atoms with Gasteiger partial charge in [-0.05, 0) is 26.7 Å². The van der Waals surface area contributed by atoms with Gasteiger partial charge in [-0.25, -0.2) is 0 Å². The number of likely N-dealkylation sites (tertiary alicyclic amines) is 1. The van der Waals surface area contributed by atoms with Crippen molar-refractivity contribution in [1.29, 1.82) is 0 Å². The number of methoxy groups -OCH3 is 1. The molecule has 0 aromatic carbocycles. The largest absolute Gasteiger partial charge is 0.383 e. The molecular formula is C15H25N3O4. The highest BCUT2D eigenvalue weighted by Crippen LogP contribution is 2.22. The molecule has 0 saturated carbocycles. The maximum Gasteiger partial charge on any atom is 0.255 e. The average molecular weight is 311 g/mol. The van der Waals surface area contributed by atoms with Crippen LogP contribution in [0.2, 0.25) is 0 Å². The number of aliphatic hydroxyl groups is 1. The summed E-state index contributed by atoms with van der Waals surface area (Å²) in [6, 6.07) is 0. The molecule has 1 atom stereocenters. The molecule has 1 saturated heterocycles. The van der Waals surface area contributed by atoms with Crippen LogP contribution in [0.15, 0.2) is 4.52 Å². The predicted molar refractivity (Wildman–Crippen MR) is 80.3 cm³/mol. The second kappa shape index (κ2) is 7.21. The SMILES string of the molecule is COCCN1CCC[C@@](O)(CNCc2c(C)noc2C)C1=O. The third-order valence-electron chi connectivity index (χ3n) is 4.17. The Labute approximate surface area is 130 Å². The van der Waals surface area contributed by atoms with Gasteiger partial charge in [0.15, 0.2) is 5.60 Å². The number of aromatic nitrogens is 1. The molecule has 7 nitrogen and oxygen atoms in total. The van der Waals surface area contributed by atoms with Gasteiger partial charge in [-0.3, -0.25) is 4.79 Å². The van der Waals surface area contributed by atoms with Crippen molar-refractivity contribution in [2.24, 2.45) is 0 Å². The number of carbonyl (C=O) groups is 1. The number of nitrogens with zero attached hydrogens (tertiary/aromatic N) is 2. The van der Waals surface area contributed by atoms with Crippen molar-refractivity contribution in [1.82, 2.24) is 15.4 Å². The zero-order chi connectivity index (χ0) is 16.2. The van der Waals surface area contributed by atoms with E-state index in [1.807, 2.05) is 13.8 Å². The Balaban J connectivity index is 1.91. The number of piperidine rings is 1. The fourth-order valence-corrected chi connectivity index (χ4v) is 2.79. The summed E-state index contributed by atoms with van der Waals surface area (Å²) in [6.07, 6.45) is 1.27. The lowest BCUT2D eigenvalue weighted by atomic mass is 9.91. The molecule has 0 spiro atoms. The zero-order valence-electron chi connectivity index (χ0n) is 13.5. The number of amides is 1. The van der Waals surface area contributed by atoms with E-state index in [0.717, 1.165) is 23.4 Å². The van der Waals surface area contributed by atoms with Crippen LogP contribution in [0.3, 0.4) is 0 Å². The summed E-state index contributed by atoms with van der Waals surface area (Å²) in [5.74, 6) is 0.538. The van der Waals surface area contributed by atoms with Crippen LogP contribution in [0.25, 0.3) is 0 Å².